The topological polar surface area (TPSA) is 137 Å². The zero-order valence-corrected chi connectivity index (χ0v) is 58.0. The quantitative estimate of drug-likeness (QED) is 0.116. The number of para-hydroxylation sites is 1. The van der Waals surface area contributed by atoms with Crippen LogP contribution in [-0.2, 0) is 5.41 Å². The van der Waals surface area contributed by atoms with E-state index in [0.29, 0.717) is 46.0 Å². The van der Waals surface area contributed by atoms with Gasteiger partial charge in [-0.25, -0.2) is 29.9 Å². The summed E-state index contributed by atoms with van der Waals surface area (Å²) in [6.07, 6.45) is 1.63. The molecule has 0 atom stereocenters. The average Bonchev–Trinajstić information content (AvgIpc) is 1.60. The van der Waals surface area contributed by atoms with Crippen LogP contribution in [0.5, 0.6) is 5.75 Å². The largest absolute Gasteiger partial charge is 1.00 e. The second-order valence-corrected chi connectivity index (χ2v) is 26.1. The molecule has 0 spiro atoms. The molecule has 1 aliphatic rings. The average molecular weight is 1340 g/mol. The van der Waals surface area contributed by atoms with Gasteiger partial charge in [0.1, 0.15) is 0 Å². The number of nitriles is 1. The number of pyridine rings is 1. The van der Waals surface area contributed by atoms with Gasteiger partial charge in [0.2, 0.25) is 0 Å². The van der Waals surface area contributed by atoms with E-state index in [2.05, 4.69) is 201 Å². The van der Waals surface area contributed by atoms with Crippen LogP contribution in [0.2, 0.25) is 0 Å². The zero-order chi connectivity index (χ0) is 70.4. The second kappa shape index (κ2) is 30.1. The molecule has 18 rings (SSSR count). The molecule has 3 heterocycles. The summed E-state index contributed by atoms with van der Waals surface area (Å²) in [6.45, 7) is 4.66. The van der Waals surface area contributed by atoms with Crippen molar-refractivity contribution in [2.24, 2.45) is 0 Å². The number of aromatic nitrogens is 7. The molecule has 0 unspecified atom stereocenters. The summed E-state index contributed by atoms with van der Waals surface area (Å²) >= 11 is 0. The SMILES string of the molecule is CC1(C)c2ccccc2-c2ccc(-c3cccc(-c4cccc(-c5nc(-c6ccccc6)nc(-c6ccccc6)n5)c4)c3)cc21.N#Cc1ccc(-c2ccc(-c3ccc(-c4ccc(-c5nc(-c6ccccc6)nc(-c6ccccc6)n5)cc4)c4ccccc34)cc2)cc1.[Li+].[O-]c1cccc2cccnc12. The first-order valence-corrected chi connectivity index (χ1v) is 34.6. The molecule has 0 aliphatic heterocycles. The molecule has 0 bridgehead atoms. The molecule has 17 aromatic rings. The zero-order valence-electron chi connectivity index (χ0n) is 58.0. The monoisotopic (exact) mass is 1340 g/mol. The number of rotatable bonds is 11. The van der Waals surface area contributed by atoms with Crippen molar-refractivity contribution in [2.45, 2.75) is 19.3 Å². The van der Waals surface area contributed by atoms with Crippen LogP contribution in [0.15, 0.2) is 358 Å². The van der Waals surface area contributed by atoms with E-state index in [1.165, 1.54) is 61.3 Å². The van der Waals surface area contributed by atoms with Crippen molar-refractivity contribution in [3.05, 3.63) is 375 Å². The molecule has 0 saturated carbocycles. The molecule has 3 aromatic heterocycles. The normalized spacial score (nSPS) is 11.6. The summed E-state index contributed by atoms with van der Waals surface area (Å²) in [5.74, 6) is 3.90. The van der Waals surface area contributed by atoms with E-state index in [4.69, 9.17) is 35.2 Å². The van der Waals surface area contributed by atoms with E-state index in [1.807, 2.05) is 164 Å². The Morgan fingerprint density at radius 3 is 1.09 bits per heavy atom. The Hall–Kier alpha value is -13.3. The van der Waals surface area contributed by atoms with E-state index < -0.39 is 0 Å². The Morgan fingerprint density at radius 1 is 0.276 bits per heavy atom. The molecule has 9 nitrogen and oxygen atoms in total. The van der Waals surface area contributed by atoms with Gasteiger partial charge < -0.3 is 5.11 Å². The molecular formula is C95H65LiN8O. The fraction of sp³-hybridized carbons (Fsp3) is 0.0316. The Bertz CT molecular complexity index is 5890. The summed E-state index contributed by atoms with van der Waals surface area (Å²) in [5.41, 5.74) is 23.9. The van der Waals surface area contributed by atoms with Gasteiger partial charge in [0.25, 0.3) is 0 Å². The molecule has 0 N–H and O–H groups in total. The maximum Gasteiger partial charge on any atom is 1.00 e. The molecule has 105 heavy (non-hydrogen) atoms. The van der Waals surface area contributed by atoms with Crippen molar-refractivity contribution in [1.29, 1.82) is 5.26 Å². The van der Waals surface area contributed by atoms with E-state index in [-0.39, 0.29) is 30.0 Å². The molecular weight excluding hydrogens is 1280 g/mol. The van der Waals surface area contributed by atoms with Crippen LogP contribution in [0.4, 0.5) is 0 Å². The molecule has 0 radical (unpaired) electrons. The molecule has 1 aliphatic carbocycles. The second-order valence-electron chi connectivity index (χ2n) is 26.1. The van der Waals surface area contributed by atoms with Crippen LogP contribution in [0.3, 0.4) is 0 Å². The van der Waals surface area contributed by atoms with E-state index in [0.717, 1.165) is 72.1 Å². The molecule has 0 fully saturated rings. The van der Waals surface area contributed by atoms with Gasteiger partial charge in [-0.3, -0.25) is 4.98 Å². The van der Waals surface area contributed by atoms with Crippen molar-refractivity contribution in [1.82, 2.24) is 34.9 Å². The first kappa shape index (κ1) is 67.5. The van der Waals surface area contributed by atoms with Gasteiger partial charge in [-0.05, 0) is 130 Å². The Morgan fingerprint density at radius 2 is 0.610 bits per heavy atom. The third kappa shape index (κ3) is 14.2. The fourth-order valence-corrected chi connectivity index (χ4v) is 13.7. The minimum absolute atomic E-state index is 0. The van der Waals surface area contributed by atoms with Crippen LogP contribution in [0.25, 0.3) is 157 Å². The van der Waals surface area contributed by atoms with E-state index >= 15 is 0 Å². The van der Waals surface area contributed by atoms with Gasteiger partial charge in [-0.15, -0.1) is 0 Å². The Labute approximate surface area is 622 Å². The number of hydrogen-bond donors (Lipinski definition) is 0. The van der Waals surface area contributed by atoms with Crippen LogP contribution in [-0.4, -0.2) is 34.9 Å². The van der Waals surface area contributed by atoms with Gasteiger partial charge in [0.05, 0.1) is 17.1 Å². The van der Waals surface area contributed by atoms with Crippen LogP contribution < -0.4 is 24.0 Å². The smallest absolute Gasteiger partial charge is 0.871 e. The maximum absolute atomic E-state index is 11.1. The van der Waals surface area contributed by atoms with Crippen LogP contribution in [0.1, 0.15) is 30.5 Å². The number of benzene rings is 14. The summed E-state index contributed by atoms with van der Waals surface area (Å²) in [6, 6.07) is 122. The van der Waals surface area contributed by atoms with E-state index in [1.54, 1.807) is 12.3 Å². The summed E-state index contributed by atoms with van der Waals surface area (Å²) < 4.78 is 0. The van der Waals surface area contributed by atoms with Crippen molar-refractivity contribution in [2.75, 3.05) is 0 Å². The van der Waals surface area contributed by atoms with Crippen molar-refractivity contribution in [3.63, 3.8) is 0 Å². The van der Waals surface area contributed by atoms with Crippen molar-refractivity contribution < 1.29 is 24.0 Å². The summed E-state index contributed by atoms with van der Waals surface area (Å²) in [7, 11) is 0. The van der Waals surface area contributed by atoms with Crippen LogP contribution >= 0.6 is 0 Å². The van der Waals surface area contributed by atoms with Crippen molar-refractivity contribution in [3.8, 4) is 147 Å². The van der Waals surface area contributed by atoms with Crippen molar-refractivity contribution >= 4 is 21.7 Å². The maximum atomic E-state index is 11.1. The van der Waals surface area contributed by atoms with Gasteiger partial charge in [0, 0.05) is 45.0 Å². The first-order valence-electron chi connectivity index (χ1n) is 34.6. The summed E-state index contributed by atoms with van der Waals surface area (Å²) in [5, 5.41) is 23.5. The standard InChI is InChI=1S/C44H28N4.C42H31N3.C9H7NO.Li/c45-29-30-15-17-31(18-16-30)32-19-21-33(22-20-32)38-27-28-39(41-14-8-7-13-40(38)41)34-23-25-37(26-24-34)44-47-42(35-9-3-1-4-10-35)46-43(48-44)36-11-5-2-6-12-36;1-42(2)37-22-10-9-21-35(37)36-24-23-33(27-38(36)42)31-18-11-17-30(25-31)32-19-12-20-34(26-32)41-44-39(28-13-5-3-6-14-28)43-40(45-41)29-15-7-4-8-16-29;11-8-5-1-3-7-4-2-6-10-9(7)8;/h1-28H;3-27H,1-2H3;1-6,11H;/q;;;+1/p-1. The minimum atomic E-state index is -0.0321. The Balaban J connectivity index is 0.000000146. The number of nitrogens with zero attached hydrogens (tertiary/aromatic N) is 8. The predicted octanol–water partition coefficient (Wildman–Crippen LogP) is 19.7. The van der Waals surface area contributed by atoms with Gasteiger partial charge in [0.15, 0.2) is 34.9 Å². The predicted molar refractivity (Wildman–Crippen MR) is 420 cm³/mol. The minimum Gasteiger partial charge on any atom is -0.871 e. The van der Waals surface area contributed by atoms with Gasteiger partial charge >= 0.3 is 18.9 Å². The van der Waals surface area contributed by atoms with Crippen LogP contribution in [0, 0.1) is 11.3 Å². The Kier molecular flexibility index (Phi) is 19.3. The molecule has 492 valence electrons. The molecule has 0 amide bonds. The molecule has 10 heteroatoms. The number of hydrogen-bond acceptors (Lipinski definition) is 9. The third-order valence-electron chi connectivity index (χ3n) is 19.1. The molecule has 14 aromatic carbocycles. The van der Waals surface area contributed by atoms with E-state index in [9.17, 15) is 5.11 Å². The van der Waals surface area contributed by atoms with Gasteiger partial charge in [-0.2, -0.15) is 5.26 Å². The third-order valence-corrected chi connectivity index (χ3v) is 19.1. The number of fused-ring (bicyclic) bond motifs is 5. The first-order chi connectivity index (χ1) is 51.1. The molecule has 0 saturated heterocycles. The van der Waals surface area contributed by atoms with Gasteiger partial charge in [-0.1, -0.05) is 335 Å². The fourth-order valence-electron chi connectivity index (χ4n) is 13.7. The summed E-state index contributed by atoms with van der Waals surface area (Å²) in [4.78, 5) is 33.3.